The highest BCUT2D eigenvalue weighted by Gasteiger charge is 2.32. The smallest absolute Gasteiger partial charge is 0.310 e. The van der Waals surface area contributed by atoms with E-state index in [0.29, 0.717) is 18.9 Å². The van der Waals surface area contributed by atoms with E-state index in [9.17, 15) is 17.6 Å². The Kier molecular flexibility index (Phi) is 5.25. The molecule has 0 amide bonds. The van der Waals surface area contributed by atoms with Crippen LogP contribution in [-0.4, -0.2) is 6.54 Å². The zero-order valence-electron chi connectivity index (χ0n) is 12.1. The van der Waals surface area contributed by atoms with E-state index in [4.69, 9.17) is 0 Å². The molecule has 0 aliphatic heterocycles. The van der Waals surface area contributed by atoms with Crippen LogP contribution in [0.4, 0.5) is 17.6 Å². The second-order valence-corrected chi connectivity index (χ2v) is 5.76. The molecule has 1 atom stereocenters. The van der Waals surface area contributed by atoms with Crippen LogP contribution in [0.15, 0.2) is 18.2 Å². The summed E-state index contributed by atoms with van der Waals surface area (Å²) in [5, 5.41) is 3.18. The van der Waals surface area contributed by atoms with Gasteiger partial charge in [-0.15, -0.1) is 0 Å². The molecule has 1 saturated carbocycles. The van der Waals surface area contributed by atoms with Crippen molar-refractivity contribution in [2.45, 2.75) is 51.2 Å². The van der Waals surface area contributed by atoms with Gasteiger partial charge in [-0.25, -0.2) is 4.39 Å². The van der Waals surface area contributed by atoms with Crippen LogP contribution in [0.5, 0.6) is 0 Å². The molecule has 0 bridgehead atoms. The van der Waals surface area contributed by atoms with Gasteiger partial charge in [0.05, 0.1) is 5.56 Å². The number of halogens is 4. The highest BCUT2D eigenvalue weighted by Crippen LogP contribution is 2.37. The third-order valence-corrected chi connectivity index (χ3v) is 3.90. The fourth-order valence-electron chi connectivity index (χ4n) is 2.48. The van der Waals surface area contributed by atoms with Crippen molar-refractivity contribution in [2.24, 2.45) is 5.92 Å². The maximum atomic E-state index is 14.0. The van der Waals surface area contributed by atoms with Gasteiger partial charge in [-0.2, -0.15) is 13.2 Å². The Hall–Kier alpha value is -1.10. The van der Waals surface area contributed by atoms with E-state index in [0.717, 1.165) is 31.0 Å². The summed E-state index contributed by atoms with van der Waals surface area (Å²) in [4.78, 5) is 0. The number of hydrogen-bond donors (Lipinski definition) is 1. The van der Waals surface area contributed by atoms with Crippen LogP contribution >= 0.6 is 0 Å². The molecule has 21 heavy (non-hydrogen) atoms. The minimum atomic E-state index is -4.44. The summed E-state index contributed by atoms with van der Waals surface area (Å²) in [6, 6.07) is 2.34. The number of rotatable bonds is 7. The van der Waals surface area contributed by atoms with Crippen LogP contribution in [-0.2, 0) is 6.18 Å². The van der Waals surface area contributed by atoms with Crippen LogP contribution in [0.2, 0.25) is 0 Å². The van der Waals surface area contributed by atoms with Crippen molar-refractivity contribution in [3.05, 3.63) is 35.1 Å². The monoisotopic (exact) mass is 303 g/mol. The van der Waals surface area contributed by atoms with Gasteiger partial charge in [0.1, 0.15) is 5.82 Å². The minimum Gasteiger partial charge on any atom is -0.310 e. The maximum absolute atomic E-state index is 14.0. The van der Waals surface area contributed by atoms with Crippen molar-refractivity contribution in [3.8, 4) is 0 Å². The summed E-state index contributed by atoms with van der Waals surface area (Å²) in [7, 11) is 0. The van der Waals surface area contributed by atoms with Crippen molar-refractivity contribution in [1.82, 2.24) is 5.32 Å². The Labute approximate surface area is 122 Å². The second-order valence-electron chi connectivity index (χ2n) is 5.76. The summed E-state index contributed by atoms with van der Waals surface area (Å²) in [6.07, 6.45) is 0.422. The zero-order valence-corrected chi connectivity index (χ0v) is 12.1. The second kappa shape index (κ2) is 6.77. The maximum Gasteiger partial charge on any atom is 0.416 e. The summed E-state index contributed by atoms with van der Waals surface area (Å²) in [5.74, 6) is 0.109. The van der Waals surface area contributed by atoms with E-state index in [1.807, 2.05) is 6.92 Å². The Balaban J connectivity index is 2.19. The van der Waals surface area contributed by atoms with Gasteiger partial charge >= 0.3 is 6.18 Å². The molecule has 1 aliphatic rings. The van der Waals surface area contributed by atoms with Crippen LogP contribution in [0.1, 0.15) is 56.2 Å². The van der Waals surface area contributed by atoms with Crippen molar-refractivity contribution < 1.29 is 17.6 Å². The highest BCUT2D eigenvalue weighted by atomic mass is 19.4. The van der Waals surface area contributed by atoms with E-state index in [2.05, 4.69) is 5.32 Å². The van der Waals surface area contributed by atoms with Crippen LogP contribution < -0.4 is 5.32 Å². The molecule has 1 nitrogen and oxygen atoms in total. The third kappa shape index (κ3) is 4.70. The van der Waals surface area contributed by atoms with Crippen LogP contribution in [0.3, 0.4) is 0 Å². The topological polar surface area (TPSA) is 12.0 Å². The predicted molar refractivity (Wildman–Crippen MR) is 74.4 cm³/mol. The number of benzene rings is 1. The molecule has 1 aliphatic carbocycles. The average molecular weight is 303 g/mol. The van der Waals surface area contributed by atoms with Gasteiger partial charge in [-0.05, 0) is 49.9 Å². The molecule has 1 aromatic rings. The van der Waals surface area contributed by atoms with Crippen LogP contribution in [0, 0.1) is 11.7 Å². The molecule has 5 heteroatoms. The standard InChI is InChI=1S/C16H21F4N/c1-2-9-21-15(8-5-11-3-4-11)13-10-12(16(18,19)20)6-7-14(13)17/h6-7,10-11,15,21H,2-5,8-9H2,1H3. The summed E-state index contributed by atoms with van der Waals surface area (Å²) in [5.41, 5.74) is -0.646. The highest BCUT2D eigenvalue weighted by molar-refractivity contribution is 5.29. The normalized spacial score (nSPS) is 17.0. The first kappa shape index (κ1) is 16.3. The Morgan fingerprint density at radius 3 is 2.57 bits per heavy atom. The number of hydrogen-bond acceptors (Lipinski definition) is 1. The van der Waals surface area contributed by atoms with E-state index >= 15 is 0 Å². The molecule has 0 spiro atoms. The lowest BCUT2D eigenvalue weighted by Crippen LogP contribution is -2.24. The number of alkyl halides is 3. The fraction of sp³-hybridized carbons (Fsp3) is 0.625. The lowest BCUT2D eigenvalue weighted by molar-refractivity contribution is -0.137. The van der Waals surface area contributed by atoms with Crippen molar-refractivity contribution in [1.29, 1.82) is 0 Å². The van der Waals surface area contributed by atoms with Gasteiger partial charge < -0.3 is 5.32 Å². The molecule has 1 N–H and O–H groups in total. The number of nitrogens with one attached hydrogen (secondary N) is 1. The summed E-state index contributed by atoms with van der Waals surface area (Å²) >= 11 is 0. The van der Waals surface area contributed by atoms with Crippen LogP contribution in [0.25, 0.3) is 0 Å². The van der Waals surface area contributed by atoms with E-state index < -0.39 is 17.6 Å². The third-order valence-electron chi connectivity index (χ3n) is 3.90. The largest absolute Gasteiger partial charge is 0.416 e. The van der Waals surface area contributed by atoms with E-state index in [-0.39, 0.29) is 11.6 Å². The summed E-state index contributed by atoms with van der Waals surface area (Å²) < 4.78 is 52.4. The zero-order chi connectivity index (χ0) is 15.5. The average Bonchev–Trinajstić information content (AvgIpc) is 3.23. The van der Waals surface area contributed by atoms with Crippen molar-refractivity contribution >= 4 is 0 Å². The molecule has 0 aromatic heterocycles. The minimum absolute atomic E-state index is 0.138. The molecule has 0 heterocycles. The first-order chi connectivity index (χ1) is 9.91. The Morgan fingerprint density at radius 2 is 2.00 bits per heavy atom. The summed E-state index contributed by atoms with van der Waals surface area (Å²) in [6.45, 7) is 2.65. The molecule has 2 rings (SSSR count). The molecule has 118 valence electrons. The van der Waals surface area contributed by atoms with Gasteiger partial charge in [0.2, 0.25) is 0 Å². The molecule has 1 aromatic carbocycles. The molecular weight excluding hydrogens is 282 g/mol. The van der Waals surface area contributed by atoms with Gasteiger partial charge in [-0.1, -0.05) is 19.8 Å². The molecule has 1 fully saturated rings. The van der Waals surface area contributed by atoms with E-state index in [1.165, 1.54) is 12.8 Å². The van der Waals surface area contributed by atoms with Gasteiger partial charge in [0, 0.05) is 11.6 Å². The molecule has 0 radical (unpaired) electrons. The SMILES string of the molecule is CCCNC(CCC1CC1)c1cc(C(F)(F)F)ccc1F. The quantitative estimate of drug-likeness (QED) is 0.693. The fourth-order valence-corrected chi connectivity index (χ4v) is 2.48. The van der Waals surface area contributed by atoms with Gasteiger partial charge in [-0.3, -0.25) is 0 Å². The first-order valence-electron chi connectivity index (χ1n) is 7.51. The van der Waals surface area contributed by atoms with Crippen molar-refractivity contribution in [2.75, 3.05) is 6.54 Å². The Bertz CT molecular complexity index is 466. The molecule has 0 saturated heterocycles. The lowest BCUT2D eigenvalue weighted by Gasteiger charge is -2.21. The molecule has 1 unspecified atom stereocenters. The van der Waals surface area contributed by atoms with Gasteiger partial charge in [0.15, 0.2) is 0 Å². The predicted octanol–water partition coefficient (Wildman–Crippen LogP) is 5.08. The van der Waals surface area contributed by atoms with Gasteiger partial charge in [0.25, 0.3) is 0 Å². The Morgan fingerprint density at radius 1 is 1.29 bits per heavy atom. The lowest BCUT2D eigenvalue weighted by atomic mass is 9.97. The van der Waals surface area contributed by atoms with E-state index in [1.54, 1.807) is 0 Å². The van der Waals surface area contributed by atoms with Crippen molar-refractivity contribution in [3.63, 3.8) is 0 Å². The molecular formula is C16H21F4N. The first-order valence-corrected chi connectivity index (χ1v) is 7.51.